The molecule has 0 radical (unpaired) electrons. The molecule has 2 rings (SSSR count). The van der Waals surface area contributed by atoms with Gasteiger partial charge in [-0.25, -0.2) is 9.59 Å². The minimum atomic E-state index is -0.424. The standard InChI is InChI=1S/C17H23N3O4/c1-4-24-16(21)15-11(2)19-17(22)20-13(15)10-18-9-12-7-5-6-8-14(12)23-3/h5-8,11,18H,4,9-10H2,1-3H3,(H2,19,20,22). The maximum Gasteiger partial charge on any atom is 0.337 e. The summed E-state index contributed by atoms with van der Waals surface area (Å²) >= 11 is 0. The lowest BCUT2D eigenvalue weighted by Gasteiger charge is -2.26. The number of ether oxygens (including phenoxy) is 2. The minimum Gasteiger partial charge on any atom is -0.496 e. The Labute approximate surface area is 141 Å². The van der Waals surface area contributed by atoms with Crippen molar-refractivity contribution in [3.63, 3.8) is 0 Å². The Balaban J connectivity index is 2.10. The molecule has 0 bridgehead atoms. The van der Waals surface area contributed by atoms with Crippen molar-refractivity contribution < 1.29 is 19.1 Å². The number of carbonyl (C=O) groups excluding carboxylic acids is 2. The van der Waals surface area contributed by atoms with E-state index in [0.717, 1.165) is 11.3 Å². The summed E-state index contributed by atoms with van der Waals surface area (Å²) in [7, 11) is 1.62. The molecule has 1 aliphatic rings. The number of esters is 1. The Morgan fingerprint density at radius 1 is 1.29 bits per heavy atom. The van der Waals surface area contributed by atoms with E-state index in [1.165, 1.54) is 0 Å². The SMILES string of the molecule is CCOC(=O)C1=C(CNCc2ccccc2OC)NC(=O)NC1C. The minimum absolute atomic E-state index is 0.283. The zero-order valence-corrected chi connectivity index (χ0v) is 14.1. The van der Waals surface area contributed by atoms with Crippen LogP contribution in [0.5, 0.6) is 5.75 Å². The second-order valence-electron chi connectivity index (χ2n) is 5.35. The van der Waals surface area contributed by atoms with E-state index < -0.39 is 12.0 Å². The normalized spacial score (nSPS) is 17.1. The molecule has 24 heavy (non-hydrogen) atoms. The molecule has 7 nitrogen and oxygen atoms in total. The molecule has 1 aromatic carbocycles. The highest BCUT2D eigenvalue weighted by molar-refractivity contribution is 5.94. The summed E-state index contributed by atoms with van der Waals surface area (Å²) in [6.07, 6.45) is 0. The summed E-state index contributed by atoms with van der Waals surface area (Å²) in [6, 6.07) is 6.94. The molecule has 1 atom stereocenters. The van der Waals surface area contributed by atoms with E-state index in [-0.39, 0.29) is 12.6 Å². The van der Waals surface area contributed by atoms with Crippen molar-refractivity contribution in [2.45, 2.75) is 26.4 Å². The highest BCUT2D eigenvalue weighted by atomic mass is 16.5. The van der Waals surface area contributed by atoms with Gasteiger partial charge in [-0.2, -0.15) is 0 Å². The van der Waals surface area contributed by atoms with Crippen LogP contribution in [0.4, 0.5) is 4.79 Å². The van der Waals surface area contributed by atoms with E-state index >= 15 is 0 Å². The Morgan fingerprint density at radius 3 is 2.75 bits per heavy atom. The molecule has 0 saturated heterocycles. The maximum absolute atomic E-state index is 12.1. The van der Waals surface area contributed by atoms with Crippen LogP contribution >= 0.6 is 0 Å². The van der Waals surface area contributed by atoms with Crippen molar-refractivity contribution in [1.82, 2.24) is 16.0 Å². The monoisotopic (exact) mass is 333 g/mol. The van der Waals surface area contributed by atoms with Gasteiger partial charge >= 0.3 is 12.0 Å². The number of nitrogens with one attached hydrogen (secondary N) is 3. The van der Waals surface area contributed by atoms with Crippen molar-refractivity contribution in [2.24, 2.45) is 0 Å². The molecule has 1 aromatic rings. The van der Waals surface area contributed by atoms with Gasteiger partial charge in [0.05, 0.1) is 25.3 Å². The summed E-state index contributed by atoms with van der Waals surface area (Å²) in [6.45, 7) is 4.67. The fourth-order valence-corrected chi connectivity index (χ4v) is 2.59. The molecular weight excluding hydrogens is 310 g/mol. The van der Waals surface area contributed by atoms with Crippen LogP contribution in [0.25, 0.3) is 0 Å². The van der Waals surface area contributed by atoms with Crippen LogP contribution < -0.4 is 20.7 Å². The first-order valence-electron chi connectivity index (χ1n) is 7.87. The summed E-state index contributed by atoms with van der Waals surface area (Å²) in [5.74, 6) is 0.360. The molecule has 0 spiro atoms. The third-order valence-corrected chi connectivity index (χ3v) is 3.68. The fourth-order valence-electron chi connectivity index (χ4n) is 2.59. The zero-order valence-electron chi connectivity index (χ0n) is 14.1. The van der Waals surface area contributed by atoms with E-state index in [1.807, 2.05) is 24.3 Å². The van der Waals surface area contributed by atoms with Gasteiger partial charge in [-0.1, -0.05) is 18.2 Å². The third-order valence-electron chi connectivity index (χ3n) is 3.68. The highest BCUT2D eigenvalue weighted by Gasteiger charge is 2.29. The Morgan fingerprint density at radius 2 is 2.04 bits per heavy atom. The van der Waals surface area contributed by atoms with E-state index in [2.05, 4.69) is 16.0 Å². The van der Waals surface area contributed by atoms with Crippen LogP contribution in [0, 0.1) is 0 Å². The van der Waals surface area contributed by atoms with Gasteiger partial charge in [0.1, 0.15) is 5.75 Å². The van der Waals surface area contributed by atoms with E-state index in [0.29, 0.717) is 24.4 Å². The molecule has 3 N–H and O–H groups in total. The Hall–Kier alpha value is -2.54. The van der Waals surface area contributed by atoms with Crippen molar-refractivity contribution in [2.75, 3.05) is 20.3 Å². The van der Waals surface area contributed by atoms with Crippen molar-refractivity contribution in [3.8, 4) is 5.75 Å². The number of benzene rings is 1. The number of urea groups is 1. The number of rotatable bonds is 7. The zero-order chi connectivity index (χ0) is 17.5. The molecule has 1 unspecified atom stereocenters. The number of amides is 2. The van der Waals surface area contributed by atoms with Crippen LogP contribution in [-0.2, 0) is 16.1 Å². The smallest absolute Gasteiger partial charge is 0.337 e. The first-order valence-corrected chi connectivity index (χ1v) is 7.87. The summed E-state index contributed by atoms with van der Waals surface area (Å²) in [5, 5.41) is 8.58. The molecule has 0 fully saturated rings. The average Bonchev–Trinajstić information content (AvgIpc) is 2.55. The number of hydrogen-bond donors (Lipinski definition) is 3. The van der Waals surface area contributed by atoms with E-state index in [4.69, 9.17) is 9.47 Å². The van der Waals surface area contributed by atoms with Gasteiger partial charge in [0, 0.05) is 24.4 Å². The fraction of sp³-hybridized carbons (Fsp3) is 0.412. The van der Waals surface area contributed by atoms with Crippen LogP contribution in [-0.4, -0.2) is 38.3 Å². The lowest BCUT2D eigenvalue weighted by atomic mass is 10.0. The van der Waals surface area contributed by atoms with Gasteiger partial charge < -0.3 is 25.4 Å². The molecule has 2 amide bonds. The largest absolute Gasteiger partial charge is 0.496 e. The topological polar surface area (TPSA) is 88.7 Å². The lowest BCUT2D eigenvalue weighted by Crippen LogP contribution is -2.50. The quantitative estimate of drug-likeness (QED) is 0.655. The summed E-state index contributed by atoms with van der Waals surface area (Å²) in [4.78, 5) is 23.8. The molecule has 1 heterocycles. The van der Waals surface area contributed by atoms with E-state index in [1.54, 1.807) is 21.0 Å². The van der Waals surface area contributed by atoms with Gasteiger partial charge in [-0.05, 0) is 19.9 Å². The van der Waals surface area contributed by atoms with Crippen LogP contribution in [0.2, 0.25) is 0 Å². The van der Waals surface area contributed by atoms with Gasteiger partial charge in [-0.15, -0.1) is 0 Å². The number of methoxy groups -OCH3 is 1. The molecule has 0 saturated carbocycles. The number of carbonyl (C=O) groups is 2. The average molecular weight is 333 g/mol. The summed E-state index contributed by atoms with van der Waals surface area (Å²) in [5.41, 5.74) is 1.95. The Bertz CT molecular complexity index is 642. The van der Waals surface area contributed by atoms with Gasteiger partial charge in [-0.3, -0.25) is 0 Å². The van der Waals surface area contributed by atoms with Gasteiger partial charge in [0.15, 0.2) is 0 Å². The van der Waals surface area contributed by atoms with Crippen LogP contribution in [0.3, 0.4) is 0 Å². The number of hydrogen-bond acceptors (Lipinski definition) is 5. The highest BCUT2D eigenvalue weighted by Crippen LogP contribution is 2.17. The van der Waals surface area contributed by atoms with E-state index in [9.17, 15) is 9.59 Å². The number of para-hydroxylation sites is 1. The molecule has 0 aromatic heterocycles. The van der Waals surface area contributed by atoms with Crippen LogP contribution in [0.1, 0.15) is 19.4 Å². The van der Waals surface area contributed by atoms with Crippen molar-refractivity contribution in [3.05, 3.63) is 41.1 Å². The molecule has 1 aliphatic heterocycles. The maximum atomic E-state index is 12.1. The van der Waals surface area contributed by atoms with Crippen molar-refractivity contribution in [1.29, 1.82) is 0 Å². The molecular formula is C17H23N3O4. The molecule has 7 heteroatoms. The predicted octanol–water partition coefficient (Wildman–Crippen LogP) is 1.30. The van der Waals surface area contributed by atoms with Crippen molar-refractivity contribution >= 4 is 12.0 Å². The lowest BCUT2D eigenvalue weighted by molar-refractivity contribution is -0.139. The first kappa shape index (κ1) is 17.8. The van der Waals surface area contributed by atoms with Crippen LogP contribution in [0.15, 0.2) is 35.5 Å². The summed E-state index contributed by atoms with van der Waals surface area (Å²) < 4.78 is 10.4. The predicted molar refractivity (Wildman–Crippen MR) is 89.5 cm³/mol. The first-order chi connectivity index (χ1) is 11.6. The molecule has 130 valence electrons. The van der Waals surface area contributed by atoms with Gasteiger partial charge in [0.2, 0.25) is 0 Å². The second kappa shape index (κ2) is 8.35. The third kappa shape index (κ3) is 4.26. The second-order valence-corrected chi connectivity index (χ2v) is 5.35. The molecule has 0 aliphatic carbocycles. The van der Waals surface area contributed by atoms with Gasteiger partial charge in [0.25, 0.3) is 0 Å². The Kier molecular flexibility index (Phi) is 6.20.